The lowest BCUT2D eigenvalue weighted by Gasteiger charge is -2.34. The molecule has 0 aliphatic carbocycles. The first-order valence-corrected chi connectivity index (χ1v) is 12.3. The third-order valence-corrected chi connectivity index (χ3v) is 5.74. The van der Waals surface area contributed by atoms with Gasteiger partial charge in [-0.15, -0.1) is 0 Å². The van der Waals surface area contributed by atoms with Gasteiger partial charge in [-0.3, -0.25) is 9.69 Å². The van der Waals surface area contributed by atoms with Crippen LogP contribution in [-0.4, -0.2) is 91.1 Å². The number of methoxy groups -OCH3 is 1. The molecular formula is C27H38N2O10. The minimum atomic E-state index is -1.56. The van der Waals surface area contributed by atoms with E-state index in [1.54, 1.807) is 44.2 Å². The molecule has 0 bridgehead atoms. The Kier molecular flexibility index (Phi) is 13.7. The fraction of sp³-hybridized carbons (Fsp3) is 0.519. The van der Waals surface area contributed by atoms with Gasteiger partial charge < -0.3 is 29.4 Å². The third-order valence-electron chi connectivity index (χ3n) is 5.74. The molecule has 1 aromatic carbocycles. The van der Waals surface area contributed by atoms with Gasteiger partial charge >= 0.3 is 24.0 Å². The largest absolute Gasteiger partial charge is 0.478 e. The van der Waals surface area contributed by atoms with Crippen LogP contribution in [0.1, 0.15) is 33.3 Å². The van der Waals surface area contributed by atoms with Crippen LogP contribution in [0.5, 0.6) is 0 Å². The summed E-state index contributed by atoms with van der Waals surface area (Å²) in [6.45, 7) is 9.33. The number of benzene rings is 1. The van der Waals surface area contributed by atoms with Gasteiger partial charge in [-0.25, -0.2) is 19.2 Å². The average molecular weight is 551 g/mol. The second-order valence-electron chi connectivity index (χ2n) is 9.14. The molecule has 0 unspecified atom stereocenters. The number of aliphatic carboxylic acids is 1. The molecule has 39 heavy (non-hydrogen) atoms. The van der Waals surface area contributed by atoms with E-state index in [0.717, 1.165) is 11.8 Å². The van der Waals surface area contributed by atoms with Crippen LogP contribution in [0.4, 0.5) is 4.79 Å². The van der Waals surface area contributed by atoms with Crippen LogP contribution in [0.2, 0.25) is 0 Å². The number of nitrogens with zero attached hydrogens (tertiary/aromatic N) is 1. The van der Waals surface area contributed by atoms with E-state index in [9.17, 15) is 29.1 Å². The first kappa shape index (κ1) is 33.1. The summed E-state index contributed by atoms with van der Waals surface area (Å²) in [4.78, 5) is 63.8. The number of carboxylic acids is 1. The Hall–Kier alpha value is -3.93. The standard InChI is InChI=1S/C27H38N2O10/c1-8-14-37-27(35)29(6)22(17(4)36-7)26(34)39-23(16(2)3)21(28-18(5)30)25(33)38-20(24(31)32)15-19-12-10-9-11-13-19/h8-13,16-17,20-23H,1,14-15H2,2-7H3,(H,28,30)(H,31,32)/t17-,20-,21+,22+,23-/m1/s1. The maximum absolute atomic E-state index is 13.3. The summed E-state index contributed by atoms with van der Waals surface area (Å²) >= 11 is 0. The number of esters is 2. The van der Waals surface area contributed by atoms with Crippen LogP contribution in [0.25, 0.3) is 0 Å². The highest BCUT2D eigenvalue weighted by Gasteiger charge is 2.42. The van der Waals surface area contributed by atoms with Gasteiger partial charge in [0.05, 0.1) is 6.10 Å². The summed E-state index contributed by atoms with van der Waals surface area (Å²) in [6.07, 6.45) is -3.30. The topological polar surface area (TPSA) is 158 Å². The van der Waals surface area contributed by atoms with Crippen molar-refractivity contribution in [1.29, 1.82) is 0 Å². The van der Waals surface area contributed by atoms with Crippen LogP contribution in [-0.2, 0) is 44.5 Å². The number of ether oxygens (including phenoxy) is 4. The second-order valence-corrected chi connectivity index (χ2v) is 9.14. The van der Waals surface area contributed by atoms with Gasteiger partial charge in [0.15, 0.2) is 12.1 Å². The van der Waals surface area contributed by atoms with Crippen molar-refractivity contribution < 1.29 is 48.0 Å². The van der Waals surface area contributed by atoms with E-state index in [-0.39, 0.29) is 13.0 Å². The quantitative estimate of drug-likeness (QED) is 0.188. The molecule has 5 atom stereocenters. The maximum Gasteiger partial charge on any atom is 0.410 e. The molecule has 0 saturated carbocycles. The number of hydrogen-bond acceptors (Lipinski definition) is 9. The molecule has 0 radical (unpaired) electrons. The highest BCUT2D eigenvalue weighted by atomic mass is 16.6. The van der Waals surface area contributed by atoms with E-state index in [1.165, 1.54) is 27.2 Å². The first-order chi connectivity index (χ1) is 18.3. The third kappa shape index (κ3) is 10.4. The van der Waals surface area contributed by atoms with E-state index in [1.807, 2.05) is 0 Å². The SMILES string of the molecule is C=CCOC(=O)N(C)[C@H](C(=O)O[C@H](C(C)C)[C@H](NC(C)=O)C(=O)O[C@H](Cc1ccccc1)C(=O)O)[C@@H](C)OC. The number of hydrogen-bond donors (Lipinski definition) is 2. The average Bonchev–Trinajstić information content (AvgIpc) is 2.88. The summed E-state index contributed by atoms with van der Waals surface area (Å²) in [5, 5.41) is 12.1. The summed E-state index contributed by atoms with van der Waals surface area (Å²) in [5.41, 5.74) is 0.614. The summed E-state index contributed by atoms with van der Waals surface area (Å²) in [5.74, 6) is -4.62. The van der Waals surface area contributed by atoms with Crippen molar-refractivity contribution in [3.63, 3.8) is 0 Å². The van der Waals surface area contributed by atoms with Crippen molar-refractivity contribution >= 4 is 29.9 Å². The monoisotopic (exact) mass is 550 g/mol. The molecule has 216 valence electrons. The number of carbonyl (C=O) groups is 5. The molecule has 0 fully saturated rings. The molecule has 2 amide bonds. The lowest BCUT2D eigenvalue weighted by molar-refractivity contribution is -0.175. The van der Waals surface area contributed by atoms with E-state index < -0.39 is 66.2 Å². The van der Waals surface area contributed by atoms with Crippen LogP contribution in [0, 0.1) is 5.92 Å². The van der Waals surface area contributed by atoms with Gasteiger partial charge in [0.25, 0.3) is 0 Å². The van der Waals surface area contributed by atoms with E-state index in [4.69, 9.17) is 18.9 Å². The summed E-state index contributed by atoms with van der Waals surface area (Å²) in [6, 6.07) is 5.72. The molecule has 0 spiro atoms. The Labute approximate surface area is 228 Å². The maximum atomic E-state index is 13.3. The van der Waals surface area contributed by atoms with Gasteiger partial charge in [0, 0.05) is 27.5 Å². The predicted octanol–water partition coefficient (Wildman–Crippen LogP) is 1.96. The molecule has 0 heterocycles. The highest BCUT2D eigenvalue weighted by Crippen LogP contribution is 2.19. The van der Waals surface area contributed by atoms with Crippen molar-refractivity contribution in [3.8, 4) is 0 Å². The van der Waals surface area contributed by atoms with Crippen LogP contribution in [0.15, 0.2) is 43.0 Å². The fourth-order valence-corrected chi connectivity index (χ4v) is 3.65. The molecule has 12 nitrogen and oxygen atoms in total. The van der Waals surface area contributed by atoms with Gasteiger partial charge in [-0.2, -0.15) is 0 Å². The number of likely N-dealkylation sites (N-methyl/N-ethyl adjacent to an activating group) is 1. The lowest BCUT2D eigenvalue weighted by atomic mass is 9.98. The second kappa shape index (κ2) is 16.1. The zero-order valence-corrected chi connectivity index (χ0v) is 23.1. The van der Waals surface area contributed by atoms with Crippen LogP contribution in [0.3, 0.4) is 0 Å². The molecule has 0 aromatic heterocycles. The molecule has 1 aromatic rings. The Morgan fingerprint density at radius 2 is 1.67 bits per heavy atom. The molecular weight excluding hydrogens is 512 g/mol. The fourth-order valence-electron chi connectivity index (χ4n) is 3.65. The number of carboxylic acid groups (broad SMARTS) is 1. The molecule has 0 saturated heterocycles. The predicted molar refractivity (Wildman–Crippen MR) is 140 cm³/mol. The molecule has 0 aliphatic heterocycles. The molecule has 1 rings (SSSR count). The van der Waals surface area contributed by atoms with Crippen molar-refractivity contribution in [2.45, 2.75) is 64.5 Å². The summed E-state index contributed by atoms with van der Waals surface area (Å²) in [7, 11) is 2.65. The van der Waals surface area contributed by atoms with Gasteiger partial charge in [0.1, 0.15) is 12.7 Å². The van der Waals surface area contributed by atoms with E-state index in [0.29, 0.717) is 5.56 Å². The number of nitrogens with one attached hydrogen (secondary N) is 1. The van der Waals surface area contributed by atoms with Crippen molar-refractivity contribution in [2.75, 3.05) is 20.8 Å². The van der Waals surface area contributed by atoms with Crippen LogP contribution >= 0.6 is 0 Å². The van der Waals surface area contributed by atoms with Gasteiger partial charge in [0.2, 0.25) is 12.0 Å². The lowest BCUT2D eigenvalue weighted by Crippen LogP contribution is -2.56. The zero-order valence-electron chi connectivity index (χ0n) is 23.1. The van der Waals surface area contributed by atoms with Crippen molar-refractivity contribution in [3.05, 3.63) is 48.6 Å². The Morgan fingerprint density at radius 1 is 1.05 bits per heavy atom. The smallest absolute Gasteiger partial charge is 0.410 e. The minimum absolute atomic E-state index is 0.0922. The highest BCUT2D eigenvalue weighted by molar-refractivity contribution is 5.87. The molecule has 0 aliphatic rings. The number of carbonyl (C=O) groups excluding carboxylic acids is 4. The first-order valence-electron chi connectivity index (χ1n) is 12.3. The molecule has 12 heteroatoms. The Balaban J connectivity index is 3.26. The Bertz CT molecular complexity index is 998. The van der Waals surface area contributed by atoms with Crippen LogP contribution < -0.4 is 5.32 Å². The van der Waals surface area contributed by atoms with Gasteiger partial charge in [-0.1, -0.05) is 56.8 Å². The van der Waals surface area contributed by atoms with E-state index >= 15 is 0 Å². The minimum Gasteiger partial charge on any atom is -0.478 e. The number of rotatable bonds is 15. The van der Waals surface area contributed by atoms with Gasteiger partial charge in [-0.05, 0) is 18.4 Å². The summed E-state index contributed by atoms with van der Waals surface area (Å²) < 4.78 is 21.2. The van der Waals surface area contributed by atoms with Crippen molar-refractivity contribution in [1.82, 2.24) is 10.2 Å². The zero-order chi connectivity index (χ0) is 29.7. The molecule has 2 N–H and O–H groups in total. The van der Waals surface area contributed by atoms with Crippen molar-refractivity contribution in [2.24, 2.45) is 5.92 Å². The Morgan fingerprint density at radius 3 is 2.15 bits per heavy atom. The normalized spacial score (nSPS) is 14.6. The van der Waals surface area contributed by atoms with E-state index in [2.05, 4.69) is 11.9 Å². The number of amides is 2.